The molecule has 0 aliphatic carbocycles. The van der Waals surface area contributed by atoms with Gasteiger partial charge in [0.15, 0.2) is 0 Å². The highest BCUT2D eigenvalue weighted by atomic mass is 15.2. The monoisotopic (exact) mass is 182 g/mol. The third-order valence-corrected chi connectivity index (χ3v) is 3.23. The van der Waals surface area contributed by atoms with Gasteiger partial charge in [-0.25, -0.2) is 0 Å². The van der Waals surface area contributed by atoms with E-state index in [0.717, 1.165) is 0 Å². The number of hydrogen-bond acceptors (Lipinski definition) is 2. The van der Waals surface area contributed by atoms with Gasteiger partial charge in [0.1, 0.15) is 0 Å². The molecule has 0 aromatic carbocycles. The van der Waals surface area contributed by atoms with Gasteiger partial charge in [-0.15, -0.1) is 6.58 Å². The molecule has 0 bridgehead atoms. The molecule has 13 heavy (non-hydrogen) atoms. The van der Waals surface area contributed by atoms with Crippen molar-refractivity contribution >= 4 is 0 Å². The molecule has 0 saturated carbocycles. The minimum atomic E-state index is 0.201. The summed E-state index contributed by atoms with van der Waals surface area (Å²) < 4.78 is 0. The Balaban J connectivity index is 2.65. The molecule has 1 unspecified atom stereocenters. The average Bonchev–Trinajstić information content (AvgIpc) is 2.58. The van der Waals surface area contributed by atoms with Crippen LogP contribution >= 0.6 is 0 Å². The predicted octanol–water partition coefficient (Wildman–Crippen LogP) is 1.63. The predicted molar refractivity (Wildman–Crippen MR) is 57.9 cm³/mol. The van der Waals surface area contributed by atoms with E-state index in [2.05, 4.69) is 30.6 Å². The van der Waals surface area contributed by atoms with Crippen LogP contribution in [0.5, 0.6) is 0 Å². The molecule has 1 N–H and O–H groups in total. The lowest BCUT2D eigenvalue weighted by Gasteiger charge is -2.40. The molecule has 1 aliphatic rings. The standard InChI is InChI=1S/C11H22N2/c1-5-10(12-4)11(2,3)13-8-6-7-9-13/h5,10,12H,1,6-9H2,2-4H3. The molecule has 76 valence electrons. The van der Waals surface area contributed by atoms with Crippen LogP contribution in [0.1, 0.15) is 26.7 Å². The van der Waals surface area contributed by atoms with Crippen molar-refractivity contribution in [3.63, 3.8) is 0 Å². The van der Waals surface area contributed by atoms with E-state index < -0.39 is 0 Å². The number of nitrogens with zero attached hydrogens (tertiary/aromatic N) is 1. The summed E-state index contributed by atoms with van der Waals surface area (Å²) in [5, 5.41) is 3.31. The maximum atomic E-state index is 3.88. The second-order valence-corrected chi connectivity index (χ2v) is 4.35. The van der Waals surface area contributed by atoms with Gasteiger partial charge in [-0.05, 0) is 46.8 Å². The van der Waals surface area contributed by atoms with Gasteiger partial charge in [0.05, 0.1) is 0 Å². The molecule has 0 radical (unpaired) electrons. The Kier molecular flexibility index (Phi) is 3.51. The first-order valence-corrected chi connectivity index (χ1v) is 5.17. The fraction of sp³-hybridized carbons (Fsp3) is 0.818. The molecular formula is C11H22N2. The smallest absolute Gasteiger partial charge is 0.0426 e. The Morgan fingerprint density at radius 1 is 1.38 bits per heavy atom. The molecule has 0 aromatic heterocycles. The highest BCUT2D eigenvalue weighted by Crippen LogP contribution is 2.24. The molecule has 1 heterocycles. The molecule has 1 rings (SSSR count). The van der Waals surface area contributed by atoms with Gasteiger partial charge in [0, 0.05) is 11.6 Å². The van der Waals surface area contributed by atoms with Crippen LogP contribution in [0.2, 0.25) is 0 Å². The van der Waals surface area contributed by atoms with E-state index in [0.29, 0.717) is 6.04 Å². The van der Waals surface area contributed by atoms with E-state index in [9.17, 15) is 0 Å². The van der Waals surface area contributed by atoms with E-state index >= 15 is 0 Å². The van der Waals surface area contributed by atoms with Gasteiger partial charge in [-0.3, -0.25) is 4.90 Å². The maximum absolute atomic E-state index is 3.88. The highest BCUT2D eigenvalue weighted by Gasteiger charge is 2.34. The first-order chi connectivity index (χ1) is 6.12. The second kappa shape index (κ2) is 4.25. The first-order valence-electron chi connectivity index (χ1n) is 5.17. The lowest BCUT2D eigenvalue weighted by molar-refractivity contribution is 0.128. The first kappa shape index (κ1) is 10.7. The van der Waals surface area contributed by atoms with Gasteiger partial charge in [0.25, 0.3) is 0 Å². The van der Waals surface area contributed by atoms with Crippen LogP contribution in [-0.4, -0.2) is 36.6 Å². The molecule has 1 aliphatic heterocycles. The molecule has 1 fully saturated rings. The summed E-state index contributed by atoms with van der Waals surface area (Å²) >= 11 is 0. The van der Waals surface area contributed by atoms with Crippen LogP contribution in [0.4, 0.5) is 0 Å². The molecular weight excluding hydrogens is 160 g/mol. The van der Waals surface area contributed by atoms with Crippen molar-refractivity contribution in [3.8, 4) is 0 Å². The van der Waals surface area contributed by atoms with Crippen molar-refractivity contribution in [2.75, 3.05) is 20.1 Å². The quantitative estimate of drug-likeness (QED) is 0.665. The normalized spacial score (nSPS) is 21.8. The van der Waals surface area contributed by atoms with Crippen molar-refractivity contribution < 1.29 is 0 Å². The van der Waals surface area contributed by atoms with Crippen LogP contribution < -0.4 is 5.32 Å². The molecule has 1 saturated heterocycles. The van der Waals surface area contributed by atoms with E-state index in [-0.39, 0.29) is 5.54 Å². The van der Waals surface area contributed by atoms with Crippen molar-refractivity contribution in [3.05, 3.63) is 12.7 Å². The van der Waals surface area contributed by atoms with Gasteiger partial charge >= 0.3 is 0 Å². The minimum Gasteiger partial charge on any atom is -0.312 e. The summed E-state index contributed by atoms with van der Waals surface area (Å²) in [6, 6.07) is 0.380. The zero-order chi connectivity index (χ0) is 9.90. The van der Waals surface area contributed by atoms with E-state index in [1.54, 1.807) is 0 Å². The van der Waals surface area contributed by atoms with E-state index in [1.165, 1.54) is 25.9 Å². The van der Waals surface area contributed by atoms with E-state index in [4.69, 9.17) is 0 Å². The van der Waals surface area contributed by atoms with Crippen LogP contribution in [0, 0.1) is 0 Å². The number of rotatable bonds is 4. The summed E-state index contributed by atoms with van der Waals surface area (Å²) in [4.78, 5) is 2.55. The Morgan fingerprint density at radius 3 is 2.31 bits per heavy atom. The maximum Gasteiger partial charge on any atom is 0.0426 e. The van der Waals surface area contributed by atoms with E-state index in [1.807, 2.05) is 13.1 Å². The third-order valence-electron chi connectivity index (χ3n) is 3.23. The molecule has 0 aromatic rings. The molecule has 2 nitrogen and oxygen atoms in total. The summed E-state index contributed by atoms with van der Waals surface area (Å²) in [5.74, 6) is 0. The molecule has 0 spiro atoms. The summed E-state index contributed by atoms with van der Waals surface area (Å²) in [5.41, 5.74) is 0.201. The number of nitrogens with one attached hydrogen (secondary N) is 1. The average molecular weight is 182 g/mol. The lowest BCUT2D eigenvalue weighted by atomic mass is 9.93. The largest absolute Gasteiger partial charge is 0.312 e. The number of hydrogen-bond donors (Lipinski definition) is 1. The molecule has 2 heteroatoms. The SMILES string of the molecule is C=CC(NC)C(C)(C)N1CCCC1. The minimum absolute atomic E-state index is 0.201. The van der Waals surface area contributed by atoms with Crippen LogP contribution in [0.3, 0.4) is 0 Å². The molecule has 1 atom stereocenters. The van der Waals surface area contributed by atoms with Gasteiger partial charge < -0.3 is 5.32 Å². The third kappa shape index (κ3) is 2.12. The van der Waals surface area contributed by atoms with Crippen molar-refractivity contribution in [2.45, 2.75) is 38.3 Å². The fourth-order valence-corrected chi connectivity index (χ4v) is 2.25. The molecule has 0 amide bonds. The topological polar surface area (TPSA) is 15.3 Å². The van der Waals surface area contributed by atoms with Gasteiger partial charge in [-0.2, -0.15) is 0 Å². The Bertz CT molecular complexity index is 169. The fourth-order valence-electron chi connectivity index (χ4n) is 2.25. The number of likely N-dealkylation sites (tertiary alicyclic amines) is 1. The lowest BCUT2D eigenvalue weighted by Crippen LogP contribution is -2.55. The zero-order valence-electron chi connectivity index (χ0n) is 9.14. The second-order valence-electron chi connectivity index (χ2n) is 4.35. The number of likely N-dealkylation sites (N-methyl/N-ethyl adjacent to an activating group) is 1. The van der Waals surface area contributed by atoms with Crippen LogP contribution in [0.15, 0.2) is 12.7 Å². The van der Waals surface area contributed by atoms with Gasteiger partial charge in [-0.1, -0.05) is 6.08 Å². The van der Waals surface area contributed by atoms with Crippen LogP contribution in [-0.2, 0) is 0 Å². The van der Waals surface area contributed by atoms with Gasteiger partial charge in [0.2, 0.25) is 0 Å². The summed E-state index contributed by atoms with van der Waals surface area (Å²) in [6.45, 7) is 10.9. The van der Waals surface area contributed by atoms with Crippen molar-refractivity contribution in [1.29, 1.82) is 0 Å². The highest BCUT2D eigenvalue weighted by molar-refractivity contribution is 5.03. The Labute approximate surface area is 82.0 Å². The Morgan fingerprint density at radius 2 is 1.92 bits per heavy atom. The van der Waals surface area contributed by atoms with Crippen molar-refractivity contribution in [1.82, 2.24) is 10.2 Å². The zero-order valence-corrected chi connectivity index (χ0v) is 9.14. The summed E-state index contributed by atoms with van der Waals surface area (Å²) in [6.07, 6.45) is 4.70. The Hall–Kier alpha value is -0.340. The summed E-state index contributed by atoms with van der Waals surface area (Å²) in [7, 11) is 2.00. The van der Waals surface area contributed by atoms with Crippen LogP contribution in [0.25, 0.3) is 0 Å². The van der Waals surface area contributed by atoms with Crippen molar-refractivity contribution in [2.24, 2.45) is 0 Å².